The number of carbonyl (C=O) groups excluding carboxylic acids is 1. The van der Waals surface area contributed by atoms with Gasteiger partial charge in [-0.2, -0.15) is 0 Å². The van der Waals surface area contributed by atoms with E-state index in [1.54, 1.807) is 0 Å². The van der Waals surface area contributed by atoms with Gasteiger partial charge in [0.25, 0.3) is 0 Å². The standard InChI is InChI=1S/C12H23NO2/c1-5-8-13-9-6-7-10(13)11(14)15-12(2,3)4/h10H,5-9H2,1-4H3/t10-/m1/s1. The summed E-state index contributed by atoms with van der Waals surface area (Å²) in [4.78, 5) is 14.1. The molecule has 0 bridgehead atoms. The number of hydrogen-bond donors (Lipinski definition) is 0. The van der Waals surface area contributed by atoms with Gasteiger partial charge in [0.05, 0.1) is 0 Å². The molecule has 1 atom stereocenters. The number of nitrogens with zero attached hydrogens (tertiary/aromatic N) is 1. The van der Waals surface area contributed by atoms with E-state index in [1.165, 1.54) is 0 Å². The van der Waals surface area contributed by atoms with E-state index in [0.29, 0.717) is 0 Å². The molecule has 0 spiro atoms. The van der Waals surface area contributed by atoms with E-state index in [4.69, 9.17) is 4.74 Å². The maximum absolute atomic E-state index is 11.9. The summed E-state index contributed by atoms with van der Waals surface area (Å²) in [5.41, 5.74) is -0.364. The topological polar surface area (TPSA) is 29.5 Å². The second-order valence-electron chi connectivity index (χ2n) is 5.23. The van der Waals surface area contributed by atoms with E-state index < -0.39 is 0 Å². The van der Waals surface area contributed by atoms with Crippen LogP contribution in [0.25, 0.3) is 0 Å². The molecule has 1 saturated heterocycles. The molecule has 15 heavy (non-hydrogen) atoms. The Morgan fingerprint density at radius 3 is 2.67 bits per heavy atom. The van der Waals surface area contributed by atoms with Crippen LogP contribution in [0.4, 0.5) is 0 Å². The molecule has 0 amide bonds. The van der Waals surface area contributed by atoms with Crippen LogP contribution in [0, 0.1) is 0 Å². The van der Waals surface area contributed by atoms with Crippen molar-refractivity contribution in [2.24, 2.45) is 0 Å². The monoisotopic (exact) mass is 213 g/mol. The zero-order chi connectivity index (χ0) is 11.5. The molecular formula is C12H23NO2. The molecule has 1 aliphatic heterocycles. The smallest absolute Gasteiger partial charge is 0.323 e. The van der Waals surface area contributed by atoms with Crippen molar-refractivity contribution in [2.75, 3.05) is 13.1 Å². The Balaban J connectivity index is 2.51. The lowest BCUT2D eigenvalue weighted by atomic mass is 10.1. The van der Waals surface area contributed by atoms with Crippen LogP contribution in [0.3, 0.4) is 0 Å². The summed E-state index contributed by atoms with van der Waals surface area (Å²) < 4.78 is 5.42. The minimum atomic E-state index is -0.364. The number of carbonyl (C=O) groups is 1. The first-order valence-corrected chi connectivity index (χ1v) is 5.91. The fourth-order valence-corrected chi connectivity index (χ4v) is 2.02. The SMILES string of the molecule is CCCN1CCC[C@@H]1C(=O)OC(C)(C)C. The van der Waals surface area contributed by atoms with Crippen LogP contribution >= 0.6 is 0 Å². The number of ether oxygens (including phenoxy) is 1. The summed E-state index contributed by atoms with van der Waals surface area (Å²) in [6.07, 6.45) is 3.16. The first-order valence-electron chi connectivity index (χ1n) is 5.91. The molecule has 1 aliphatic rings. The van der Waals surface area contributed by atoms with E-state index >= 15 is 0 Å². The highest BCUT2D eigenvalue weighted by atomic mass is 16.6. The van der Waals surface area contributed by atoms with Crippen molar-refractivity contribution in [1.82, 2.24) is 4.90 Å². The quantitative estimate of drug-likeness (QED) is 0.673. The van der Waals surface area contributed by atoms with Crippen LogP contribution in [-0.2, 0) is 9.53 Å². The minimum Gasteiger partial charge on any atom is -0.459 e. The summed E-state index contributed by atoms with van der Waals surface area (Å²) in [5, 5.41) is 0. The maximum Gasteiger partial charge on any atom is 0.323 e. The summed E-state index contributed by atoms with van der Waals surface area (Å²) in [6, 6.07) is 0.00387. The van der Waals surface area contributed by atoms with Crippen molar-refractivity contribution in [3.8, 4) is 0 Å². The average Bonchev–Trinajstić information content (AvgIpc) is 2.49. The van der Waals surface area contributed by atoms with Crippen molar-refractivity contribution in [3.05, 3.63) is 0 Å². The molecule has 1 heterocycles. The van der Waals surface area contributed by atoms with Crippen molar-refractivity contribution < 1.29 is 9.53 Å². The molecule has 1 fully saturated rings. The third kappa shape index (κ3) is 3.82. The lowest BCUT2D eigenvalue weighted by Crippen LogP contribution is -2.40. The second-order valence-corrected chi connectivity index (χ2v) is 5.23. The van der Waals surface area contributed by atoms with Crippen molar-refractivity contribution >= 4 is 5.97 Å². The third-order valence-corrected chi connectivity index (χ3v) is 2.55. The summed E-state index contributed by atoms with van der Waals surface area (Å²) in [7, 11) is 0. The molecule has 0 N–H and O–H groups in total. The molecular weight excluding hydrogens is 190 g/mol. The largest absolute Gasteiger partial charge is 0.459 e. The normalized spacial score (nSPS) is 23.1. The van der Waals surface area contributed by atoms with E-state index in [1.807, 2.05) is 20.8 Å². The Bertz CT molecular complexity index is 220. The number of esters is 1. The van der Waals surface area contributed by atoms with Crippen molar-refractivity contribution in [1.29, 1.82) is 0 Å². The van der Waals surface area contributed by atoms with Gasteiger partial charge in [-0.05, 0) is 53.1 Å². The van der Waals surface area contributed by atoms with Crippen LogP contribution in [0.2, 0.25) is 0 Å². The Morgan fingerprint density at radius 2 is 2.13 bits per heavy atom. The number of hydrogen-bond acceptors (Lipinski definition) is 3. The van der Waals surface area contributed by atoms with E-state index in [0.717, 1.165) is 32.4 Å². The lowest BCUT2D eigenvalue weighted by Gasteiger charge is -2.26. The molecule has 0 aromatic carbocycles. The lowest BCUT2D eigenvalue weighted by molar-refractivity contribution is -0.160. The fraction of sp³-hybridized carbons (Fsp3) is 0.917. The van der Waals surface area contributed by atoms with Gasteiger partial charge in [0.15, 0.2) is 0 Å². The van der Waals surface area contributed by atoms with Crippen LogP contribution < -0.4 is 0 Å². The third-order valence-electron chi connectivity index (χ3n) is 2.55. The Hall–Kier alpha value is -0.570. The zero-order valence-electron chi connectivity index (χ0n) is 10.4. The van der Waals surface area contributed by atoms with Gasteiger partial charge >= 0.3 is 5.97 Å². The Kier molecular flexibility index (Phi) is 4.14. The molecule has 1 rings (SSSR count). The van der Waals surface area contributed by atoms with Gasteiger partial charge in [0.1, 0.15) is 11.6 Å². The molecule has 0 aromatic heterocycles. The maximum atomic E-state index is 11.9. The number of rotatable bonds is 3. The second kappa shape index (κ2) is 4.97. The molecule has 0 aliphatic carbocycles. The molecule has 0 saturated carbocycles. The van der Waals surface area contributed by atoms with Crippen molar-refractivity contribution in [2.45, 2.75) is 58.6 Å². The predicted octanol–water partition coefficient (Wildman–Crippen LogP) is 2.20. The molecule has 3 heteroatoms. The average molecular weight is 213 g/mol. The minimum absolute atomic E-state index is 0.00387. The van der Waals surface area contributed by atoms with Crippen LogP contribution in [0.15, 0.2) is 0 Å². The van der Waals surface area contributed by atoms with Gasteiger partial charge in [0, 0.05) is 0 Å². The van der Waals surface area contributed by atoms with Crippen LogP contribution in [0.1, 0.15) is 47.0 Å². The first kappa shape index (κ1) is 12.5. The van der Waals surface area contributed by atoms with Gasteiger partial charge < -0.3 is 4.74 Å². The predicted molar refractivity (Wildman–Crippen MR) is 60.7 cm³/mol. The van der Waals surface area contributed by atoms with Crippen molar-refractivity contribution in [3.63, 3.8) is 0 Å². The van der Waals surface area contributed by atoms with Crippen LogP contribution in [0.5, 0.6) is 0 Å². The highest BCUT2D eigenvalue weighted by molar-refractivity contribution is 5.76. The molecule has 0 aromatic rings. The molecule has 0 radical (unpaired) electrons. The molecule has 88 valence electrons. The Morgan fingerprint density at radius 1 is 1.47 bits per heavy atom. The van der Waals surface area contributed by atoms with E-state index in [-0.39, 0.29) is 17.6 Å². The highest BCUT2D eigenvalue weighted by Gasteiger charge is 2.33. The fourth-order valence-electron chi connectivity index (χ4n) is 2.02. The van der Waals surface area contributed by atoms with Gasteiger partial charge in [-0.15, -0.1) is 0 Å². The van der Waals surface area contributed by atoms with E-state index in [9.17, 15) is 4.79 Å². The highest BCUT2D eigenvalue weighted by Crippen LogP contribution is 2.20. The van der Waals surface area contributed by atoms with Crippen LogP contribution in [-0.4, -0.2) is 35.6 Å². The molecule has 3 nitrogen and oxygen atoms in total. The van der Waals surface area contributed by atoms with E-state index in [2.05, 4.69) is 11.8 Å². The van der Waals surface area contributed by atoms with Gasteiger partial charge in [-0.1, -0.05) is 6.92 Å². The Labute approximate surface area is 92.8 Å². The van der Waals surface area contributed by atoms with Gasteiger partial charge in [0.2, 0.25) is 0 Å². The van der Waals surface area contributed by atoms with Gasteiger partial charge in [-0.25, -0.2) is 0 Å². The summed E-state index contributed by atoms with van der Waals surface area (Å²) in [6.45, 7) is 9.95. The van der Waals surface area contributed by atoms with Gasteiger partial charge in [-0.3, -0.25) is 9.69 Å². The zero-order valence-corrected chi connectivity index (χ0v) is 10.4. The summed E-state index contributed by atoms with van der Waals surface area (Å²) >= 11 is 0. The first-order chi connectivity index (χ1) is 6.94. The molecule has 0 unspecified atom stereocenters. The summed E-state index contributed by atoms with van der Waals surface area (Å²) in [5.74, 6) is -0.0477. The number of likely N-dealkylation sites (tertiary alicyclic amines) is 1.